The number of rotatable bonds is 5. The fourth-order valence-corrected chi connectivity index (χ4v) is 2.64. The molecule has 3 heteroatoms. The first-order valence-corrected chi connectivity index (χ1v) is 7.31. The Balaban J connectivity index is 1.80. The van der Waals surface area contributed by atoms with Crippen LogP contribution in [0.2, 0.25) is 0 Å². The molecular formula is C14H19BrN2. The lowest BCUT2D eigenvalue weighted by Gasteiger charge is -2.26. The van der Waals surface area contributed by atoms with Gasteiger partial charge in [-0.25, -0.2) is 0 Å². The lowest BCUT2D eigenvalue weighted by molar-refractivity contribution is 0.680. The highest BCUT2D eigenvalue weighted by Crippen LogP contribution is 2.38. The van der Waals surface area contributed by atoms with Crippen LogP contribution >= 0.6 is 15.9 Å². The number of benzene rings is 1. The number of nitrogen functional groups attached to an aromatic ring is 1. The lowest BCUT2D eigenvalue weighted by Crippen LogP contribution is -2.28. The first-order chi connectivity index (χ1) is 8.22. The number of nitrogens with zero attached hydrogens (tertiary/aromatic N) is 1. The van der Waals surface area contributed by atoms with E-state index in [4.69, 9.17) is 5.73 Å². The summed E-state index contributed by atoms with van der Waals surface area (Å²) in [6.45, 7) is 2.38. The molecule has 0 bridgehead atoms. The highest BCUT2D eigenvalue weighted by molar-refractivity contribution is 9.10. The van der Waals surface area contributed by atoms with Crippen molar-refractivity contribution in [2.45, 2.75) is 25.7 Å². The van der Waals surface area contributed by atoms with E-state index in [-0.39, 0.29) is 0 Å². The van der Waals surface area contributed by atoms with Crippen molar-refractivity contribution in [2.75, 3.05) is 23.7 Å². The van der Waals surface area contributed by atoms with Gasteiger partial charge in [-0.15, -0.1) is 0 Å². The summed E-state index contributed by atoms with van der Waals surface area (Å²) in [5.41, 5.74) is 8.25. The maximum Gasteiger partial charge on any atom is 0.0611 e. The molecule has 0 unspecified atom stereocenters. The predicted octanol–water partition coefficient (Wildman–Crippen LogP) is 3.66. The van der Waals surface area contributed by atoms with Crippen LogP contribution in [0.4, 0.5) is 11.4 Å². The average Bonchev–Trinajstić information content (AvgIpc) is 3.15. The van der Waals surface area contributed by atoms with Gasteiger partial charge in [0.05, 0.1) is 11.4 Å². The maximum absolute atomic E-state index is 6.12. The van der Waals surface area contributed by atoms with E-state index in [0.29, 0.717) is 0 Å². The summed E-state index contributed by atoms with van der Waals surface area (Å²) in [6, 6.07) is 6.19. The minimum atomic E-state index is 0.909. The van der Waals surface area contributed by atoms with Crippen molar-refractivity contribution >= 4 is 27.3 Å². The van der Waals surface area contributed by atoms with Crippen LogP contribution in [0.15, 0.2) is 22.7 Å². The molecule has 2 N–H and O–H groups in total. The van der Waals surface area contributed by atoms with Gasteiger partial charge in [0.15, 0.2) is 0 Å². The largest absolute Gasteiger partial charge is 0.397 e. The van der Waals surface area contributed by atoms with E-state index in [2.05, 4.69) is 26.9 Å². The van der Waals surface area contributed by atoms with Crippen LogP contribution < -0.4 is 10.6 Å². The van der Waals surface area contributed by atoms with E-state index in [1.165, 1.54) is 44.5 Å². The summed E-state index contributed by atoms with van der Waals surface area (Å²) in [5.74, 6) is 1.82. The standard InChI is InChI=1S/C14H19BrN2/c15-12-5-6-13(16)14(7-12)17(8-10-1-2-10)9-11-3-4-11/h5-7,10-11H,1-4,8-9,16H2. The van der Waals surface area contributed by atoms with E-state index >= 15 is 0 Å². The molecular weight excluding hydrogens is 276 g/mol. The van der Waals surface area contributed by atoms with Crippen molar-refractivity contribution in [1.29, 1.82) is 0 Å². The van der Waals surface area contributed by atoms with E-state index in [0.717, 1.165) is 22.0 Å². The van der Waals surface area contributed by atoms with E-state index in [1.54, 1.807) is 0 Å². The molecule has 2 nitrogen and oxygen atoms in total. The van der Waals surface area contributed by atoms with Crippen LogP contribution in [0.1, 0.15) is 25.7 Å². The summed E-state index contributed by atoms with van der Waals surface area (Å²) in [5, 5.41) is 0. The Kier molecular flexibility index (Phi) is 3.03. The normalized spacial score (nSPS) is 19.4. The second-order valence-corrected chi connectivity index (χ2v) is 6.41. The molecule has 0 atom stereocenters. The first-order valence-electron chi connectivity index (χ1n) is 6.52. The monoisotopic (exact) mass is 294 g/mol. The number of anilines is 2. The molecule has 2 fully saturated rings. The van der Waals surface area contributed by atoms with Gasteiger partial charge in [-0.05, 0) is 55.7 Å². The third-order valence-corrected chi connectivity index (χ3v) is 4.18. The lowest BCUT2D eigenvalue weighted by atomic mass is 10.2. The van der Waals surface area contributed by atoms with Gasteiger partial charge in [0.2, 0.25) is 0 Å². The average molecular weight is 295 g/mol. The van der Waals surface area contributed by atoms with Crippen molar-refractivity contribution in [3.8, 4) is 0 Å². The summed E-state index contributed by atoms with van der Waals surface area (Å²) < 4.78 is 1.12. The Labute approximate surface area is 111 Å². The minimum absolute atomic E-state index is 0.909. The second-order valence-electron chi connectivity index (χ2n) is 5.49. The van der Waals surface area contributed by atoms with Crippen LogP contribution in [0.25, 0.3) is 0 Å². The van der Waals surface area contributed by atoms with Gasteiger partial charge in [-0.1, -0.05) is 15.9 Å². The minimum Gasteiger partial charge on any atom is -0.397 e. The smallest absolute Gasteiger partial charge is 0.0611 e. The Morgan fingerprint density at radius 2 is 1.71 bits per heavy atom. The molecule has 0 spiro atoms. The molecule has 0 aliphatic heterocycles. The molecule has 3 rings (SSSR count). The van der Waals surface area contributed by atoms with Gasteiger partial charge in [0.25, 0.3) is 0 Å². The predicted molar refractivity (Wildman–Crippen MR) is 76.2 cm³/mol. The SMILES string of the molecule is Nc1ccc(Br)cc1N(CC1CC1)CC1CC1. The molecule has 2 aliphatic carbocycles. The van der Waals surface area contributed by atoms with Gasteiger partial charge in [0.1, 0.15) is 0 Å². The van der Waals surface area contributed by atoms with Crippen molar-refractivity contribution in [3.63, 3.8) is 0 Å². The molecule has 92 valence electrons. The fraction of sp³-hybridized carbons (Fsp3) is 0.571. The van der Waals surface area contributed by atoms with Gasteiger partial charge in [-0.2, -0.15) is 0 Å². The first kappa shape index (κ1) is 11.4. The highest BCUT2D eigenvalue weighted by atomic mass is 79.9. The number of halogens is 1. The topological polar surface area (TPSA) is 29.3 Å². The molecule has 0 aromatic heterocycles. The number of nitrogens with two attached hydrogens (primary N) is 1. The molecule has 17 heavy (non-hydrogen) atoms. The van der Waals surface area contributed by atoms with E-state index in [9.17, 15) is 0 Å². The summed E-state index contributed by atoms with van der Waals surface area (Å²) >= 11 is 3.55. The Bertz CT molecular complexity index is 397. The Morgan fingerprint density at radius 1 is 1.12 bits per heavy atom. The molecule has 0 radical (unpaired) electrons. The van der Waals surface area contributed by atoms with Crippen molar-refractivity contribution in [3.05, 3.63) is 22.7 Å². The van der Waals surface area contributed by atoms with Gasteiger partial charge < -0.3 is 10.6 Å². The zero-order chi connectivity index (χ0) is 11.8. The summed E-state index contributed by atoms with van der Waals surface area (Å²) in [6.07, 6.45) is 5.59. The second kappa shape index (κ2) is 4.52. The molecule has 0 amide bonds. The molecule has 1 aromatic carbocycles. The quantitative estimate of drug-likeness (QED) is 0.840. The molecule has 1 aromatic rings. The zero-order valence-electron chi connectivity index (χ0n) is 10.0. The summed E-state index contributed by atoms with van der Waals surface area (Å²) in [4.78, 5) is 2.51. The van der Waals surface area contributed by atoms with Crippen LogP contribution in [0.3, 0.4) is 0 Å². The van der Waals surface area contributed by atoms with Gasteiger partial charge >= 0.3 is 0 Å². The summed E-state index contributed by atoms with van der Waals surface area (Å²) in [7, 11) is 0. The number of hydrogen-bond donors (Lipinski definition) is 1. The van der Waals surface area contributed by atoms with Crippen molar-refractivity contribution in [1.82, 2.24) is 0 Å². The molecule has 2 saturated carbocycles. The zero-order valence-corrected chi connectivity index (χ0v) is 11.6. The van der Waals surface area contributed by atoms with Crippen LogP contribution in [-0.2, 0) is 0 Å². The molecule has 2 aliphatic rings. The Hall–Kier alpha value is -0.700. The van der Waals surface area contributed by atoms with Gasteiger partial charge in [0, 0.05) is 17.6 Å². The van der Waals surface area contributed by atoms with Crippen molar-refractivity contribution < 1.29 is 0 Å². The third kappa shape index (κ3) is 2.95. The van der Waals surface area contributed by atoms with Crippen LogP contribution in [-0.4, -0.2) is 13.1 Å². The van der Waals surface area contributed by atoms with E-state index in [1.807, 2.05) is 12.1 Å². The van der Waals surface area contributed by atoms with E-state index < -0.39 is 0 Å². The molecule has 0 heterocycles. The fourth-order valence-electron chi connectivity index (χ4n) is 2.29. The van der Waals surface area contributed by atoms with Crippen LogP contribution in [0, 0.1) is 11.8 Å². The molecule has 0 saturated heterocycles. The Morgan fingerprint density at radius 3 is 2.24 bits per heavy atom. The van der Waals surface area contributed by atoms with Crippen molar-refractivity contribution in [2.24, 2.45) is 11.8 Å². The highest BCUT2D eigenvalue weighted by Gasteiger charge is 2.29. The maximum atomic E-state index is 6.12. The number of hydrogen-bond acceptors (Lipinski definition) is 2. The third-order valence-electron chi connectivity index (χ3n) is 3.68. The van der Waals surface area contributed by atoms with Gasteiger partial charge in [-0.3, -0.25) is 0 Å². The van der Waals surface area contributed by atoms with Crippen LogP contribution in [0.5, 0.6) is 0 Å².